The van der Waals surface area contributed by atoms with Crippen LogP contribution < -0.4 is 26.4 Å². The van der Waals surface area contributed by atoms with E-state index < -0.39 is 0 Å². The number of benzene rings is 5. The molecule has 11 rings (SSSR count). The molecule has 6 aromatic rings. The highest BCUT2D eigenvalue weighted by Crippen LogP contribution is 2.55. The Kier molecular flexibility index (Phi) is 9.57. The summed E-state index contributed by atoms with van der Waals surface area (Å²) in [6, 6.07) is 30.3. The van der Waals surface area contributed by atoms with E-state index in [0.717, 1.165) is 17.7 Å². The summed E-state index contributed by atoms with van der Waals surface area (Å²) < 4.78 is 7.69. The summed E-state index contributed by atoms with van der Waals surface area (Å²) in [5, 5.41) is 1.23. The number of hydrogen-bond acceptors (Lipinski definition) is 3. The molecule has 3 nitrogen and oxygen atoms in total. The van der Waals surface area contributed by atoms with Gasteiger partial charge < -0.3 is 14.2 Å². The molecule has 68 heavy (non-hydrogen) atoms. The van der Waals surface area contributed by atoms with Crippen molar-refractivity contribution in [3.05, 3.63) is 123 Å². The van der Waals surface area contributed by atoms with Crippen LogP contribution >= 0.6 is 0 Å². The summed E-state index contributed by atoms with van der Waals surface area (Å²) in [6.45, 7) is 43.6. The van der Waals surface area contributed by atoms with Crippen molar-refractivity contribution < 1.29 is 4.42 Å². The molecule has 0 atom stereocenters. The molecular formula is C64H79BN2O. The van der Waals surface area contributed by atoms with Crippen molar-refractivity contribution in [1.82, 2.24) is 0 Å². The van der Waals surface area contributed by atoms with Crippen LogP contribution in [-0.4, -0.2) is 6.71 Å². The molecule has 354 valence electrons. The van der Waals surface area contributed by atoms with Crippen LogP contribution in [0, 0.1) is 6.92 Å². The Bertz CT molecular complexity index is 3120. The molecule has 0 bridgehead atoms. The summed E-state index contributed by atoms with van der Waals surface area (Å²) in [5.41, 5.74) is 25.7. The minimum absolute atomic E-state index is 0.0425. The zero-order valence-electron chi connectivity index (χ0n) is 45.1. The minimum atomic E-state index is -0.104. The van der Waals surface area contributed by atoms with Gasteiger partial charge in [-0.2, -0.15) is 0 Å². The van der Waals surface area contributed by atoms with Gasteiger partial charge in [0.1, 0.15) is 5.58 Å². The van der Waals surface area contributed by atoms with Gasteiger partial charge >= 0.3 is 0 Å². The molecule has 2 aliphatic heterocycles. The number of nitrogens with zero attached hydrogens (tertiary/aromatic N) is 2. The van der Waals surface area contributed by atoms with Gasteiger partial charge in [0.2, 0.25) is 0 Å². The van der Waals surface area contributed by atoms with Gasteiger partial charge in [0.25, 0.3) is 6.71 Å². The van der Waals surface area contributed by atoms with Gasteiger partial charge in [0, 0.05) is 33.8 Å². The van der Waals surface area contributed by atoms with Crippen molar-refractivity contribution in [1.29, 1.82) is 0 Å². The highest BCUT2D eigenvalue weighted by atomic mass is 16.3. The first-order valence-corrected chi connectivity index (χ1v) is 26.4. The van der Waals surface area contributed by atoms with Crippen molar-refractivity contribution in [2.45, 2.75) is 207 Å². The van der Waals surface area contributed by atoms with Crippen LogP contribution in [0.2, 0.25) is 0 Å². The summed E-state index contributed by atoms with van der Waals surface area (Å²) in [7, 11) is 0. The van der Waals surface area contributed by atoms with E-state index in [9.17, 15) is 0 Å². The molecule has 0 amide bonds. The number of fused-ring (bicyclic) bond motifs is 9. The van der Waals surface area contributed by atoms with E-state index in [1.807, 2.05) is 0 Å². The molecule has 4 heteroatoms. The van der Waals surface area contributed by atoms with Gasteiger partial charge in [-0.3, -0.25) is 0 Å². The molecule has 3 aliphatic carbocycles. The Labute approximate surface area is 410 Å². The standard InChI is InChI=1S/C64H79BN2O/c1-37(2)39-30-52-55-53(31-39)67(51-35-47-44(29-38(51)3)60(9,10)25-27-63(47,15)16)50-22-19-40(58(4,5)6)32-49(50)65(55)57-56(42-34-46-48(36-54(42)68-57)64(17,18)28-26-62(46,13)14)66(52)41-20-21-43-45(33-41)61(11,12)24-23-59(43,7)8/h19-22,29-37H,23-28H2,1-18H3. The fourth-order valence-corrected chi connectivity index (χ4v) is 13.6. The van der Waals surface area contributed by atoms with Gasteiger partial charge in [-0.1, -0.05) is 142 Å². The van der Waals surface area contributed by atoms with Crippen LogP contribution in [0.1, 0.15) is 212 Å². The van der Waals surface area contributed by atoms with Crippen LogP contribution in [0.4, 0.5) is 34.1 Å². The van der Waals surface area contributed by atoms with E-state index in [-0.39, 0.29) is 44.6 Å². The number of furan rings is 1. The second kappa shape index (κ2) is 14.2. The van der Waals surface area contributed by atoms with Crippen LogP contribution in [0.3, 0.4) is 0 Å². The zero-order valence-corrected chi connectivity index (χ0v) is 45.1. The average Bonchev–Trinajstić information content (AvgIpc) is 3.63. The molecule has 0 saturated carbocycles. The maximum atomic E-state index is 7.69. The SMILES string of the molecule is Cc1cc2c(cc1N1c3ccc(C(C)(C)C)cc3B3c4oc5cc6c(cc5c4N(c4ccc5c(c4)C(C)(C)CCC5(C)C)c4cc(C(C)C)cc1c43)C(C)(C)CCC6(C)C)C(C)(C)CCC2(C)C. The lowest BCUT2D eigenvalue weighted by Crippen LogP contribution is -2.61. The van der Waals surface area contributed by atoms with Gasteiger partial charge in [0.15, 0.2) is 0 Å². The molecule has 5 aromatic carbocycles. The topological polar surface area (TPSA) is 19.6 Å². The summed E-state index contributed by atoms with van der Waals surface area (Å²) in [4.78, 5) is 5.36. The third-order valence-electron chi connectivity index (χ3n) is 18.7. The number of rotatable bonds is 3. The molecule has 1 aromatic heterocycles. The predicted molar refractivity (Wildman–Crippen MR) is 294 cm³/mol. The van der Waals surface area contributed by atoms with Gasteiger partial charge in [-0.25, -0.2) is 0 Å². The lowest BCUT2D eigenvalue weighted by atomic mass is 9.35. The Morgan fingerprint density at radius 1 is 0.515 bits per heavy atom. The monoisotopic (exact) mass is 903 g/mol. The van der Waals surface area contributed by atoms with Gasteiger partial charge in [-0.15, -0.1) is 0 Å². The van der Waals surface area contributed by atoms with E-state index >= 15 is 0 Å². The normalized spacial score (nSPS) is 20.9. The Hall–Kier alpha value is -4.70. The first-order chi connectivity index (χ1) is 31.5. The quantitative estimate of drug-likeness (QED) is 0.165. The molecule has 0 radical (unpaired) electrons. The Balaban J connectivity index is 1.29. The summed E-state index contributed by atoms with van der Waals surface area (Å²) in [6.07, 6.45) is 7.07. The van der Waals surface area contributed by atoms with E-state index in [0.29, 0.717) is 5.92 Å². The van der Waals surface area contributed by atoms with Gasteiger partial charge in [-0.05, 0) is 199 Å². The first-order valence-electron chi connectivity index (χ1n) is 26.4. The fourth-order valence-electron chi connectivity index (χ4n) is 13.6. The second-order valence-corrected chi connectivity index (χ2v) is 27.7. The van der Waals surface area contributed by atoms with E-state index in [2.05, 4.69) is 207 Å². The van der Waals surface area contributed by atoms with Crippen molar-refractivity contribution >= 4 is 68.4 Å². The van der Waals surface area contributed by atoms with Crippen molar-refractivity contribution in [2.24, 2.45) is 0 Å². The third-order valence-corrected chi connectivity index (χ3v) is 18.7. The van der Waals surface area contributed by atoms with Crippen LogP contribution in [-0.2, 0) is 37.9 Å². The molecule has 0 fully saturated rings. The average molecular weight is 903 g/mol. The maximum absolute atomic E-state index is 7.69. The molecule has 0 unspecified atom stereocenters. The summed E-state index contributed by atoms with van der Waals surface area (Å²) in [5.74, 6) is 0.313. The van der Waals surface area contributed by atoms with E-state index in [1.165, 1.54) is 133 Å². The Morgan fingerprint density at radius 2 is 1.01 bits per heavy atom. The molecule has 0 N–H and O–H groups in total. The second-order valence-electron chi connectivity index (χ2n) is 27.7. The highest BCUT2D eigenvalue weighted by Gasteiger charge is 2.50. The first kappa shape index (κ1) is 45.7. The maximum Gasteiger partial charge on any atom is 0.297 e. The summed E-state index contributed by atoms with van der Waals surface area (Å²) >= 11 is 0. The molecule has 0 spiro atoms. The smallest absolute Gasteiger partial charge is 0.297 e. The van der Waals surface area contributed by atoms with Crippen molar-refractivity contribution in [3.8, 4) is 0 Å². The fraction of sp³-hybridized carbons (Fsp3) is 0.500. The minimum Gasteiger partial charge on any atom is -0.468 e. The van der Waals surface area contributed by atoms with Crippen LogP contribution in [0.15, 0.2) is 77.2 Å². The van der Waals surface area contributed by atoms with Crippen molar-refractivity contribution in [3.63, 3.8) is 0 Å². The third kappa shape index (κ3) is 6.56. The highest BCUT2D eigenvalue weighted by molar-refractivity contribution is 7.00. The lowest BCUT2D eigenvalue weighted by molar-refractivity contribution is 0.332. The molecule has 3 heterocycles. The molecular weight excluding hydrogens is 824 g/mol. The predicted octanol–water partition coefficient (Wildman–Crippen LogP) is 16.3. The zero-order chi connectivity index (χ0) is 48.8. The van der Waals surface area contributed by atoms with Gasteiger partial charge in [0.05, 0.1) is 11.3 Å². The number of aryl methyl sites for hydroxylation is 1. The van der Waals surface area contributed by atoms with Crippen LogP contribution in [0.5, 0.6) is 0 Å². The Morgan fingerprint density at radius 3 is 1.57 bits per heavy atom. The lowest BCUT2D eigenvalue weighted by Gasteiger charge is -2.46. The van der Waals surface area contributed by atoms with E-state index in [1.54, 1.807) is 0 Å². The van der Waals surface area contributed by atoms with Crippen molar-refractivity contribution in [2.75, 3.05) is 9.80 Å². The number of anilines is 6. The number of hydrogen-bond donors (Lipinski definition) is 0. The molecule has 0 saturated heterocycles. The van der Waals surface area contributed by atoms with Crippen LogP contribution in [0.25, 0.3) is 11.0 Å². The van der Waals surface area contributed by atoms with E-state index in [4.69, 9.17) is 4.42 Å². The largest absolute Gasteiger partial charge is 0.468 e. The molecule has 5 aliphatic rings.